The summed E-state index contributed by atoms with van der Waals surface area (Å²) in [5.74, 6) is 0.461. The van der Waals surface area contributed by atoms with Crippen LogP contribution in [-0.2, 0) is 11.8 Å². The summed E-state index contributed by atoms with van der Waals surface area (Å²) in [7, 11) is 1.74. The Morgan fingerprint density at radius 1 is 1.37 bits per heavy atom. The van der Waals surface area contributed by atoms with Gasteiger partial charge in [-0.2, -0.15) is 10.4 Å². The molecular weight excluding hydrogens is 240 g/mol. The molecule has 1 N–H and O–H groups in total. The minimum atomic E-state index is 0.0112. The number of nitrogens with one attached hydrogen (secondary N) is 1. The molecule has 102 valence electrons. The van der Waals surface area contributed by atoms with Gasteiger partial charge in [-0.25, -0.2) is 0 Å². The van der Waals surface area contributed by atoms with Gasteiger partial charge in [-0.1, -0.05) is 32.1 Å². The molecule has 0 bridgehead atoms. The summed E-state index contributed by atoms with van der Waals surface area (Å²) in [6, 6.07) is 2.05. The third-order valence-corrected chi connectivity index (χ3v) is 3.67. The summed E-state index contributed by atoms with van der Waals surface area (Å²) in [4.78, 5) is 12.2. The number of nitrogens with zero attached hydrogens (tertiary/aromatic N) is 3. The maximum atomic E-state index is 12.2. The van der Waals surface area contributed by atoms with Crippen molar-refractivity contribution in [2.45, 2.75) is 44.9 Å². The highest BCUT2D eigenvalue weighted by Crippen LogP contribution is 2.24. The number of aromatic nitrogens is 2. The second kappa shape index (κ2) is 6.37. The SMILES string of the molecule is Cn1cc(C#N)c(NC(=O)C2CCCCCCC2)n1. The first-order valence-electron chi connectivity index (χ1n) is 6.95. The van der Waals surface area contributed by atoms with Crippen LogP contribution in [0.2, 0.25) is 0 Å². The quantitative estimate of drug-likeness (QED) is 0.888. The highest BCUT2D eigenvalue weighted by Gasteiger charge is 2.21. The van der Waals surface area contributed by atoms with Crippen LogP contribution in [0.25, 0.3) is 0 Å². The van der Waals surface area contributed by atoms with Crippen molar-refractivity contribution in [3.63, 3.8) is 0 Å². The average molecular weight is 260 g/mol. The number of anilines is 1. The van der Waals surface area contributed by atoms with E-state index in [9.17, 15) is 4.79 Å². The van der Waals surface area contributed by atoms with Crippen molar-refractivity contribution in [2.24, 2.45) is 13.0 Å². The fourth-order valence-electron chi connectivity index (χ4n) is 2.60. The normalized spacial score (nSPS) is 17.3. The molecular formula is C14H20N4O. The Labute approximate surface area is 113 Å². The monoisotopic (exact) mass is 260 g/mol. The number of rotatable bonds is 2. The number of amides is 1. The number of carbonyl (C=O) groups excluding carboxylic acids is 1. The van der Waals surface area contributed by atoms with Crippen molar-refractivity contribution in [3.05, 3.63) is 11.8 Å². The molecule has 2 rings (SSSR count). The van der Waals surface area contributed by atoms with Gasteiger partial charge in [-0.3, -0.25) is 9.48 Å². The summed E-state index contributed by atoms with van der Waals surface area (Å²) in [5, 5.41) is 15.9. The van der Waals surface area contributed by atoms with E-state index in [0.717, 1.165) is 25.7 Å². The Bertz CT molecular complexity index is 478. The van der Waals surface area contributed by atoms with E-state index in [1.165, 1.54) is 19.3 Å². The van der Waals surface area contributed by atoms with Crippen molar-refractivity contribution in [2.75, 3.05) is 5.32 Å². The molecule has 1 aromatic heterocycles. The third kappa shape index (κ3) is 3.57. The van der Waals surface area contributed by atoms with Gasteiger partial charge < -0.3 is 5.32 Å². The van der Waals surface area contributed by atoms with Gasteiger partial charge in [0.2, 0.25) is 5.91 Å². The van der Waals surface area contributed by atoms with E-state index in [1.54, 1.807) is 17.9 Å². The lowest BCUT2D eigenvalue weighted by Gasteiger charge is -2.18. The first-order chi connectivity index (χ1) is 9.20. The van der Waals surface area contributed by atoms with Crippen molar-refractivity contribution < 1.29 is 4.79 Å². The molecule has 1 saturated carbocycles. The molecule has 5 heteroatoms. The predicted molar refractivity (Wildman–Crippen MR) is 72.4 cm³/mol. The number of hydrogen-bond donors (Lipinski definition) is 1. The lowest BCUT2D eigenvalue weighted by Crippen LogP contribution is -2.24. The van der Waals surface area contributed by atoms with Crippen LogP contribution in [-0.4, -0.2) is 15.7 Å². The Balaban J connectivity index is 2.01. The van der Waals surface area contributed by atoms with E-state index in [-0.39, 0.29) is 11.8 Å². The van der Waals surface area contributed by atoms with Gasteiger partial charge >= 0.3 is 0 Å². The standard InChI is InChI=1S/C14H20N4O/c1-18-10-12(9-15)13(17-18)16-14(19)11-7-5-3-2-4-6-8-11/h10-11H,2-8H2,1H3,(H,16,17,19). The zero-order valence-corrected chi connectivity index (χ0v) is 11.4. The summed E-state index contributed by atoms with van der Waals surface area (Å²) < 4.78 is 1.55. The molecule has 1 heterocycles. The number of carbonyl (C=O) groups is 1. The lowest BCUT2D eigenvalue weighted by atomic mass is 9.90. The molecule has 1 aliphatic rings. The van der Waals surface area contributed by atoms with Gasteiger partial charge in [-0.05, 0) is 12.8 Å². The number of hydrogen-bond acceptors (Lipinski definition) is 3. The largest absolute Gasteiger partial charge is 0.308 e. The van der Waals surface area contributed by atoms with Gasteiger partial charge in [0, 0.05) is 19.2 Å². The van der Waals surface area contributed by atoms with Crippen LogP contribution < -0.4 is 5.32 Å². The van der Waals surface area contributed by atoms with E-state index >= 15 is 0 Å². The highest BCUT2D eigenvalue weighted by molar-refractivity contribution is 5.92. The van der Waals surface area contributed by atoms with E-state index in [1.807, 2.05) is 6.07 Å². The predicted octanol–water partition coefficient (Wildman–Crippen LogP) is 2.59. The second-order valence-corrected chi connectivity index (χ2v) is 5.21. The molecule has 0 aliphatic heterocycles. The summed E-state index contributed by atoms with van der Waals surface area (Å²) in [6.07, 6.45) is 9.46. The minimum Gasteiger partial charge on any atom is -0.308 e. The maximum Gasteiger partial charge on any atom is 0.228 e. The maximum absolute atomic E-state index is 12.2. The van der Waals surface area contributed by atoms with Crippen molar-refractivity contribution in [3.8, 4) is 6.07 Å². The molecule has 0 unspecified atom stereocenters. The van der Waals surface area contributed by atoms with Gasteiger partial charge in [0.1, 0.15) is 11.6 Å². The topological polar surface area (TPSA) is 70.7 Å². The summed E-state index contributed by atoms with van der Waals surface area (Å²) in [6.45, 7) is 0. The number of nitriles is 1. The van der Waals surface area contributed by atoms with Crippen LogP contribution in [0.1, 0.15) is 50.5 Å². The highest BCUT2D eigenvalue weighted by atomic mass is 16.2. The molecule has 1 aliphatic carbocycles. The summed E-state index contributed by atoms with van der Waals surface area (Å²) in [5.41, 5.74) is 0.418. The Kier molecular flexibility index (Phi) is 4.56. The molecule has 0 atom stereocenters. The van der Waals surface area contributed by atoms with Crippen LogP contribution in [0.3, 0.4) is 0 Å². The Hall–Kier alpha value is -1.83. The van der Waals surface area contributed by atoms with E-state index in [2.05, 4.69) is 10.4 Å². The van der Waals surface area contributed by atoms with Crippen LogP contribution in [0, 0.1) is 17.2 Å². The first kappa shape index (κ1) is 13.6. The van der Waals surface area contributed by atoms with Crippen molar-refractivity contribution in [1.29, 1.82) is 5.26 Å². The lowest BCUT2D eigenvalue weighted by molar-refractivity contribution is -0.120. The van der Waals surface area contributed by atoms with Gasteiger partial charge in [0.25, 0.3) is 0 Å². The van der Waals surface area contributed by atoms with E-state index in [4.69, 9.17) is 5.26 Å². The smallest absolute Gasteiger partial charge is 0.228 e. The fourth-order valence-corrected chi connectivity index (χ4v) is 2.60. The van der Waals surface area contributed by atoms with E-state index in [0.29, 0.717) is 11.4 Å². The molecule has 0 aromatic carbocycles. The summed E-state index contributed by atoms with van der Waals surface area (Å²) >= 11 is 0. The average Bonchev–Trinajstić information content (AvgIpc) is 2.68. The zero-order chi connectivity index (χ0) is 13.7. The molecule has 0 radical (unpaired) electrons. The fraction of sp³-hybridized carbons (Fsp3) is 0.643. The van der Waals surface area contributed by atoms with Gasteiger partial charge in [0.15, 0.2) is 5.82 Å². The van der Waals surface area contributed by atoms with Crippen molar-refractivity contribution in [1.82, 2.24) is 9.78 Å². The molecule has 1 aromatic rings. The Morgan fingerprint density at radius 2 is 2.00 bits per heavy atom. The Morgan fingerprint density at radius 3 is 2.63 bits per heavy atom. The van der Waals surface area contributed by atoms with Gasteiger partial charge in [0.05, 0.1) is 0 Å². The third-order valence-electron chi connectivity index (χ3n) is 3.67. The minimum absolute atomic E-state index is 0.0112. The van der Waals surface area contributed by atoms with Crippen LogP contribution >= 0.6 is 0 Å². The zero-order valence-electron chi connectivity index (χ0n) is 11.4. The van der Waals surface area contributed by atoms with Crippen molar-refractivity contribution >= 4 is 11.7 Å². The molecule has 1 fully saturated rings. The molecule has 1 amide bonds. The molecule has 0 saturated heterocycles. The molecule has 0 spiro atoms. The first-order valence-corrected chi connectivity index (χ1v) is 6.95. The number of aryl methyl sites for hydroxylation is 1. The van der Waals surface area contributed by atoms with Crippen LogP contribution in [0.4, 0.5) is 5.82 Å². The van der Waals surface area contributed by atoms with Crippen LogP contribution in [0.5, 0.6) is 0 Å². The molecule has 19 heavy (non-hydrogen) atoms. The van der Waals surface area contributed by atoms with E-state index < -0.39 is 0 Å². The molecule has 5 nitrogen and oxygen atoms in total. The van der Waals surface area contributed by atoms with Crippen LogP contribution in [0.15, 0.2) is 6.20 Å². The van der Waals surface area contributed by atoms with Gasteiger partial charge in [-0.15, -0.1) is 0 Å². The second-order valence-electron chi connectivity index (χ2n) is 5.21.